The molecular weight excluding hydrogens is 949 g/mol. The molecule has 10 rings (SSSR count). The van der Waals surface area contributed by atoms with Crippen molar-refractivity contribution in [2.75, 3.05) is 47.4 Å². The van der Waals surface area contributed by atoms with Crippen LogP contribution in [0.3, 0.4) is 0 Å². The number of carbonyl (C=O) groups excluding carboxylic acids is 1. The summed E-state index contributed by atoms with van der Waals surface area (Å²) in [6, 6.07) is 19.7. The Hall–Kier alpha value is -5.96. The molecule has 1 amide bonds. The van der Waals surface area contributed by atoms with Crippen molar-refractivity contribution in [2.45, 2.75) is 120 Å². The fraction of sp³-hybridized carbons (Fsp3) is 0.490. The molecule has 2 aliphatic carbocycles. The van der Waals surface area contributed by atoms with Gasteiger partial charge in [-0.3, -0.25) is 24.5 Å². The van der Waals surface area contributed by atoms with Gasteiger partial charge in [0.25, 0.3) is 21.6 Å². The average molecular weight is 1010 g/mol. The Labute approximate surface area is 414 Å². The van der Waals surface area contributed by atoms with E-state index in [1.807, 2.05) is 0 Å². The van der Waals surface area contributed by atoms with Gasteiger partial charge in [-0.25, -0.2) is 26.5 Å². The van der Waals surface area contributed by atoms with Crippen LogP contribution in [0.15, 0.2) is 77.8 Å². The molecular formula is C51H62N8O10S2. The summed E-state index contributed by atoms with van der Waals surface area (Å²) in [6.45, 7) is 9.02. The fourth-order valence-electron chi connectivity index (χ4n) is 11.8. The van der Waals surface area contributed by atoms with Gasteiger partial charge in [0.15, 0.2) is 23.0 Å². The molecule has 5 heterocycles. The number of hydrogen-bond acceptors (Lipinski definition) is 14. The zero-order chi connectivity index (χ0) is 50.0. The highest BCUT2D eigenvalue weighted by Gasteiger charge is 2.50. The minimum Gasteiger partial charge on any atom is -0.489 e. The number of nitro benzene ring substituents is 1. The fourth-order valence-corrected chi connectivity index (χ4v) is 13.3. The molecule has 71 heavy (non-hydrogen) atoms. The molecule has 3 aromatic carbocycles. The van der Waals surface area contributed by atoms with Crippen LogP contribution >= 0.6 is 0 Å². The van der Waals surface area contributed by atoms with Crippen molar-refractivity contribution in [3.05, 3.63) is 99.7 Å². The molecule has 378 valence electrons. The summed E-state index contributed by atoms with van der Waals surface area (Å²) >= 11 is 0. The zero-order valence-electron chi connectivity index (χ0n) is 40.4. The van der Waals surface area contributed by atoms with Crippen LogP contribution in [-0.4, -0.2) is 97.8 Å². The number of carbonyl (C=O) groups is 1. The number of benzene rings is 3. The summed E-state index contributed by atoms with van der Waals surface area (Å²) < 4.78 is 70.2. The molecule has 18 nitrogen and oxygen atoms in total. The number of pyridine rings is 1. The molecule has 0 unspecified atom stereocenters. The lowest BCUT2D eigenvalue weighted by Crippen LogP contribution is -2.54. The van der Waals surface area contributed by atoms with Crippen molar-refractivity contribution in [1.29, 1.82) is 0 Å². The number of ether oxygens (including phenoxy) is 2. The number of amides is 1. The SMILES string of the molecule is CC(C)c1ccccc1[C@H]1CCCN1C1CC2(CCN(c3ccc(C(=O)NS(=O)(=O)c4cc5c(c([N+](=O)[O-])c4)N[C@@H](C4CCC(C)(O)CC4)CO5)c(Oc4cc5cc[nH]c5nc4NS(C)(=O)=O)c3)CC2)C1. The number of hydrogen-bond donors (Lipinski definition) is 5. The molecule has 3 aliphatic heterocycles. The molecule has 5 aliphatic rings. The lowest BCUT2D eigenvalue weighted by molar-refractivity contribution is -0.384. The van der Waals surface area contributed by atoms with Gasteiger partial charge in [0.1, 0.15) is 18.0 Å². The van der Waals surface area contributed by atoms with Gasteiger partial charge in [0.2, 0.25) is 10.0 Å². The van der Waals surface area contributed by atoms with E-state index in [1.165, 1.54) is 30.0 Å². The monoisotopic (exact) mass is 1010 g/mol. The zero-order valence-corrected chi connectivity index (χ0v) is 42.1. The summed E-state index contributed by atoms with van der Waals surface area (Å²) in [4.78, 5) is 37.9. The molecule has 2 saturated heterocycles. The van der Waals surface area contributed by atoms with Gasteiger partial charge >= 0.3 is 0 Å². The van der Waals surface area contributed by atoms with E-state index in [4.69, 9.17) is 9.47 Å². The van der Waals surface area contributed by atoms with E-state index in [-0.39, 0.29) is 58.3 Å². The maximum atomic E-state index is 14.3. The number of nitro groups is 1. The number of aromatic amines is 1. The summed E-state index contributed by atoms with van der Waals surface area (Å²) in [7, 11) is -8.65. The first-order valence-corrected chi connectivity index (χ1v) is 28.0. The standard InChI is InChI=1S/C51H62N8O10S2/c1-31(2)37-8-5-6-9-38(37)41-10-7-21-58(41)35-28-51(29-35)18-22-57(23-19-51)34-11-12-39(43(25-34)69-45-24-33-15-20-52-47(33)54-48(45)55-70(4,64)65)49(60)56-71(66,67)36-26-42(59(62)63)46-44(27-36)68-30-40(53-46)32-13-16-50(3,61)17-14-32/h5-6,8-9,11-12,15,20,24-27,31-32,35,40-41,53,61H,7,10,13-14,16-19,21-23,28-30H2,1-4H3,(H,56,60)(H2,52,54,55)/t32?,40-,41-,50?/m1/s1. The highest BCUT2D eigenvalue weighted by atomic mass is 32.2. The maximum Gasteiger partial charge on any atom is 0.297 e. The average Bonchev–Trinajstić information content (AvgIpc) is 3.99. The first kappa shape index (κ1) is 48.7. The Morgan fingerprint density at radius 1 is 0.972 bits per heavy atom. The van der Waals surface area contributed by atoms with E-state index in [0.29, 0.717) is 54.7 Å². The van der Waals surface area contributed by atoms with Crippen LogP contribution in [0.5, 0.6) is 17.2 Å². The Morgan fingerprint density at radius 3 is 2.44 bits per heavy atom. The Morgan fingerprint density at radius 2 is 1.72 bits per heavy atom. The third-order valence-electron chi connectivity index (χ3n) is 15.7. The van der Waals surface area contributed by atoms with Gasteiger partial charge < -0.3 is 29.8 Å². The summed E-state index contributed by atoms with van der Waals surface area (Å²) in [5, 5.41) is 26.7. The summed E-state index contributed by atoms with van der Waals surface area (Å²) in [5.41, 5.74) is 2.72. The highest BCUT2D eigenvalue weighted by Crippen LogP contribution is 2.54. The van der Waals surface area contributed by atoms with Crippen molar-refractivity contribution >= 4 is 59.9 Å². The first-order valence-electron chi connectivity index (χ1n) is 24.6. The molecule has 0 bridgehead atoms. The van der Waals surface area contributed by atoms with Crippen LogP contribution in [0, 0.1) is 21.4 Å². The van der Waals surface area contributed by atoms with Crippen LogP contribution in [-0.2, 0) is 20.0 Å². The van der Waals surface area contributed by atoms with Crippen LogP contribution in [0.2, 0.25) is 0 Å². The molecule has 20 heteroatoms. The van der Waals surface area contributed by atoms with Gasteiger partial charge in [0, 0.05) is 60.6 Å². The lowest BCUT2D eigenvalue weighted by atomic mass is 9.59. The van der Waals surface area contributed by atoms with E-state index < -0.39 is 47.1 Å². The van der Waals surface area contributed by atoms with Gasteiger partial charge in [-0.2, -0.15) is 0 Å². The van der Waals surface area contributed by atoms with E-state index in [2.05, 4.69) is 72.6 Å². The predicted molar refractivity (Wildman–Crippen MR) is 270 cm³/mol. The van der Waals surface area contributed by atoms with Crippen molar-refractivity contribution < 1.29 is 41.1 Å². The number of fused-ring (bicyclic) bond motifs is 2. The van der Waals surface area contributed by atoms with Gasteiger partial charge in [-0.1, -0.05) is 38.1 Å². The topological polar surface area (TPSA) is 238 Å². The number of H-pyrrole nitrogens is 1. The number of piperidine rings is 1. The number of nitrogens with one attached hydrogen (secondary N) is 4. The van der Waals surface area contributed by atoms with Gasteiger partial charge in [-0.05, 0) is 130 Å². The predicted octanol–water partition coefficient (Wildman–Crippen LogP) is 8.58. The molecule has 1 spiro atoms. The number of aromatic nitrogens is 2. The molecule has 2 aromatic heterocycles. The van der Waals surface area contributed by atoms with E-state index in [0.717, 1.165) is 69.4 Å². The molecule has 4 fully saturated rings. The minimum absolute atomic E-state index is 0.0379. The largest absolute Gasteiger partial charge is 0.489 e. The third-order valence-corrected chi connectivity index (χ3v) is 17.6. The molecule has 0 radical (unpaired) electrons. The number of anilines is 3. The lowest BCUT2D eigenvalue weighted by Gasteiger charge is -2.56. The normalized spacial score (nSPS) is 23.7. The molecule has 2 saturated carbocycles. The maximum absolute atomic E-state index is 14.3. The van der Waals surface area contributed by atoms with Crippen molar-refractivity contribution in [3.8, 4) is 17.2 Å². The smallest absolute Gasteiger partial charge is 0.297 e. The van der Waals surface area contributed by atoms with Crippen molar-refractivity contribution in [2.24, 2.45) is 11.3 Å². The molecule has 5 aromatic rings. The number of aliphatic hydroxyl groups is 1. The quantitative estimate of drug-likeness (QED) is 0.0549. The Balaban J connectivity index is 0.897. The van der Waals surface area contributed by atoms with Crippen LogP contribution < -0.4 is 29.1 Å². The second-order valence-electron chi connectivity index (χ2n) is 21.0. The Bertz CT molecular complexity index is 3100. The number of likely N-dealkylation sites (tertiary alicyclic amines) is 1. The second-order valence-corrected chi connectivity index (χ2v) is 24.5. The van der Waals surface area contributed by atoms with E-state index >= 15 is 0 Å². The van der Waals surface area contributed by atoms with E-state index in [1.54, 1.807) is 37.4 Å². The third kappa shape index (κ3) is 9.99. The van der Waals surface area contributed by atoms with Crippen molar-refractivity contribution in [3.63, 3.8) is 0 Å². The molecule has 5 N–H and O–H groups in total. The Kier molecular flexibility index (Phi) is 12.7. The summed E-state index contributed by atoms with van der Waals surface area (Å²) in [5.74, 6) is -0.895. The highest BCUT2D eigenvalue weighted by molar-refractivity contribution is 7.92. The van der Waals surface area contributed by atoms with Crippen LogP contribution in [0.1, 0.15) is 118 Å². The summed E-state index contributed by atoms with van der Waals surface area (Å²) in [6.07, 6.45) is 11.7. The van der Waals surface area contributed by atoms with E-state index in [9.17, 15) is 36.9 Å². The van der Waals surface area contributed by atoms with Crippen molar-refractivity contribution in [1.82, 2.24) is 19.6 Å². The first-order chi connectivity index (χ1) is 33.7. The van der Waals surface area contributed by atoms with Crippen LogP contribution in [0.4, 0.5) is 22.9 Å². The van der Waals surface area contributed by atoms with Crippen LogP contribution in [0.25, 0.3) is 11.0 Å². The van der Waals surface area contributed by atoms with Gasteiger partial charge in [-0.15, -0.1) is 0 Å². The molecule has 2 atom stereocenters. The number of nitrogens with zero attached hydrogens (tertiary/aromatic N) is 4. The number of sulfonamides is 2. The second kappa shape index (κ2) is 18.6. The minimum atomic E-state index is -4.78. The number of rotatable bonds is 13. The van der Waals surface area contributed by atoms with Gasteiger partial charge in [0.05, 0.1) is 33.3 Å².